The SMILES string of the molecule is CC1(C)CC2CC(C)(C)N[C-]2N1. The maximum atomic E-state index is 3.55. The normalized spacial score (nSPS) is 34.0. The van der Waals surface area contributed by atoms with Crippen molar-refractivity contribution < 1.29 is 0 Å². The summed E-state index contributed by atoms with van der Waals surface area (Å²) in [4.78, 5) is 0. The molecule has 0 aromatic heterocycles. The molecule has 0 aromatic carbocycles. The molecule has 2 nitrogen and oxygen atoms in total. The van der Waals surface area contributed by atoms with Crippen molar-refractivity contribution in [2.75, 3.05) is 0 Å². The Kier molecular flexibility index (Phi) is 1.59. The van der Waals surface area contributed by atoms with Crippen molar-refractivity contribution in [1.29, 1.82) is 0 Å². The van der Waals surface area contributed by atoms with Crippen molar-refractivity contribution in [3.63, 3.8) is 0 Å². The molecule has 2 fully saturated rings. The molecule has 2 aliphatic heterocycles. The van der Waals surface area contributed by atoms with Crippen LogP contribution in [0.3, 0.4) is 0 Å². The Labute approximate surface area is 75.1 Å². The van der Waals surface area contributed by atoms with E-state index in [0.29, 0.717) is 11.1 Å². The Morgan fingerprint density at radius 1 is 1.00 bits per heavy atom. The minimum Gasteiger partial charge on any atom is -0.449 e. The van der Waals surface area contributed by atoms with E-state index in [2.05, 4.69) is 38.3 Å². The van der Waals surface area contributed by atoms with Crippen LogP contribution in [0.4, 0.5) is 0 Å². The van der Waals surface area contributed by atoms with Crippen LogP contribution in [0.25, 0.3) is 0 Å². The molecule has 0 saturated carbocycles. The van der Waals surface area contributed by atoms with Crippen LogP contribution in [0.1, 0.15) is 40.5 Å². The van der Waals surface area contributed by atoms with E-state index in [0.717, 1.165) is 5.92 Å². The summed E-state index contributed by atoms with van der Waals surface area (Å²) in [6, 6.07) is 0. The summed E-state index contributed by atoms with van der Waals surface area (Å²) >= 11 is 0. The van der Waals surface area contributed by atoms with Gasteiger partial charge in [-0.3, -0.25) is 0 Å². The zero-order chi connectivity index (χ0) is 8.98. The molecule has 0 aliphatic carbocycles. The van der Waals surface area contributed by atoms with E-state index in [1.165, 1.54) is 19.0 Å². The molecule has 0 amide bonds. The first-order valence-corrected chi connectivity index (χ1v) is 4.81. The second kappa shape index (κ2) is 2.24. The van der Waals surface area contributed by atoms with Gasteiger partial charge in [-0.25, -0.2) is 0 Å². The van der Waals surface area contributed by atoms with Crippen molar-refractivity contribution in [2.45, 2.75) is 51.6 Å². The average Bonchev–Trinajstić information content (AvgIpc) is 2.12. The Balaban J connectivity index is 2.07. The lowest BCUT2D eigenvalue weighted by Crippen LogP contribution is -2.44. The Hall–Kier alpha value is -0.0800. The first kappa shape index (κ1) is 8.52. The minimum atomic E-state index is 0.309. The van der Waals surface area contributed by atoms with Gasteiger partial charge in [0, 0.05) is 0 Å². The topological polar surface area (TPSA) is 24.1 Å². The fourth-order valence-corrected chi connectivity index (χ4v) is 2.57. The number of fused-ring (bicyclic) bond motifs is 1. The van der Waals surface area contributed by atoms with Crippen LogP contribution < -0.4 is 10.6 Å². The lowest BCUT2D eigenvalue weighted by atomic mass is 9.90. The van der Waals surface area contributed by atoms with E-state index in [4.69, 9.17) is 0 Å². The van der Waals surface area contributed by atoms with Gasteiger partial charge in [0.25, 0.3) is 0 Å². The van der Waals surface area contributed by atoms with E-state index in [9.17, 15) is 0 Å². The predicted molar refractivity (Wildman–Crippen MR) is 50.4 cm³/mol. The summed E-state index contributed by atoms with van der Waals surface area (Å²) in [5.74, 6) is 0.759. The van der Waals surface area contributed by atoms with E-state index in [-0.39, 0.29) is 0 Å². The summed E-state index contributed by atoms with van der Waals surface area (Å²) in [7, 11) is 0. The first-order chi connectivity index (χ1) is 5.38. The highest BCUT2D eigenvalue weighted by molar-refractivity contribution is 5.15. The van der Waals surface area contributed by atoms with Crippen molar-refractivity contribution in [3.05, 3.63) is 6.17 Å². The number of hydrogen-bond acceptors (Lipinski definition) is 2. The third kappa shape index (κ3) is 1.38. The largest absolute Gasteiger partial charge is 0.449 e. The monoisotopic (exact) mass is 167 g/mol. The van der Waals surface area contributed by atoms with Crippen molar-refractivity contribution >= 4 is 0 Å². The number of hydrogen-bond donors (Lipinski definition) is 2. The second-order valence-electron chi connectivity index (χ2n) is 5.54. The van der Waals surface area contributed by atoms with Gasteiger partial charge < -0.3 is 10.6 Å². The molecule has 2 heterocycles. The lowest BCUT2D eigenvalue weighted by molar-refractivity contribution is 0.359. The zero-order valence-corrected chi connectivity index (χ0v) is 8.49. The number of nitrogens with one attached hydrogen (secondary N) is 2. The fourth-order valence-electron chi connectivity index (χ4n) is 2.57. The van der Waals surface area contributed by atoms with Crippen LogP contribution in [-0.2, 0) is 0 Å². The van der Waals surface area contributed by atoms with Crippen LogP contribution in [0.2, 0.25) is 0 Å². The average molecular weight is 167 g/mol. The van der Waals surface area contributed by atoms with E-state index in [1.807, 2.05) is 0 Å². The summed E-state index contributed by atoms with van der Waals surface area (Å²) < 4.78 is 0. The maximum absolute atomic E-state index is 3.55. The molecular formula is C10H19N2-. The Morgan fingerprint density at radius 3 is 1.75 bits per heavy atom. The summed E-state index contributed by atoms with van der Waals surface area (Å²) in [6.07, 6.45) is 3.93. The van der Waals surface area contributed by atoms with Gasteiger partial charge in [-0.15, -0.1) is 5.92 Å². The lowest BCUT2D eigenvalue weighted by Gasteiger charge is -2.35. The van der Waals surface area contributed by atoms with Crippen molar-refractivity contribution in [1.82, 2.24) is 10.6 Å². The van der Waals surface area contributed by atoms with Gasteiger partial charge in [-0.2, -0.15) is 6.17 Å². The van der Waals surface area contributed by atoms with Gasteiger partial charge in [0.15, 0.2) is 0 Å². The summed E-state index contributed by atoms with van der Waals surface area (Å²) in [5, 5.41) is 7.11. The molecule has 0 bridgehead atoms. The predicted octanol–water partition coefficient (Wildman–Crippen LogP) is 1.64. The van der Waals surface area contributed by atoms with Crippen LogP contribution >= 0.6 is 0 Å². The molecule has 12 heavy (non-hydrogen) atoms. The van der Waals surface area contributed by atoms with Gasteiger partial charge in [0.2, 0.25) is 0 Å². The van der Waals surface area contributed by atoms with E-state index in [1.54, 1.807) is 0 Å². The minimum absolute atomic E-state index is 0.309. The van der Waals surface area contributed by atoms with Crippen LogP contribution in [-0.4, -0.2) is 11.1 Å². The van der Waals surface area contributed by atoms with Gasteiger partial charge in [-0.1, -0.05) is 12.8 Å². The van der Waals surface area contributed by atoms with Gasteiger partial charge in [-0.05, 0) is 38.8 Å². The molecule has 0 unspecified atom stereocenters. The molecule has 0 aromatic rings. The van der Waals surface area contributed by atoms with E-state index >= 15 is 0 Å². The summed E-state index contributed by atoms with van der Waals surface area (Å²) in [6.45, 7) is 9.08. The quantitative estimate of drug-likeness (QED) is 0.536. The second-order valence-corrected chi connectivity index (χ2v) is 5.54. The molecule has 2 heteroatoms. The molecule has 2 aliphatic rings. The molecule has 70 valence electrons. The molecule has 2 rings (SSSR count). The standard InChI is InChI=1S/C10H19N2/c1-9(2)5-7-6-10(3,4)12-8(7)11-9/h7,11-12H,5-6H2,1-4H3/q-1. The molecule has 0 radical (unpaired) electrons. The van der Waals surface area contributed by atoms with Crippen molar-refractivity contribution in [2.24, 2.45) is 5.92 Å². The highest BCUT2D eigenvalue weighted by atomic mass is 15.2. The summed E-state index contributed by atoms with van der Waals surface area (Å²) in [5.41, 5.74) is 0.618. The van der Waals surface area contributed by atoms with Crippen LogP contribution in [0.5, 0.6) is 0 Å². The Morgan fingerprint density at radius 2 is 1.42 bits per heavy atom. The van der Waals surface area contributed by atoms with Gasteiger partial charge in [0.05, 0.1) is 0 Å². The third-order valence-corrected chi connectivity index (χ3v) is 2.87. The van der Waals surface area contributed by atoms with E-state index < -0.39 is 0 Å². The fraction of sp³-hybridized carbons (Fsp3) is 0.900. The van der Waals surface area contributed by atoms with Crippen molar-refractivity contribution in [3.8, 4) is 0 Å². The maximum Gasteiger partial charge on any atom is -0.0155 e. The zero-order valence-electron chi connectivity index (χ0n) is 8.49. The third-order valence-electron chi connectivity index (χ3n) is 2.87. The molecule has 2 N–H and O–H groups in total. The number of rotatable bonds is 0. The first-order valence-electron chi connectivity index (χ1n) is 4.81. The van der Waals surface area contributed by atoms with Gasteiger partial charge >= 0.3 is 0 Å². The highest BCUT2D eigenvalue weighted by Crippen LogP contribution is 2.42. The Bertz CT molecular complexity index is 158. The highest BCUT2D eigenvalue weighted by Gasteiger charge is 2.37. The molecule has 0 spiro atoms. The molecular weight excluding hydrogens is 148 g/mol. The van der Waals surface area contributed by atoms with Crippen LogP contribution in [0, 0.1) is 12.1 Å². The molecule has 2 saturated heterocycles. The van der Waals surface area contributed by atoms with Crippen LogP contribution in [0.15, 0.2) is 0 Å². The van der Waals surface area contributed by atoms with Gasteiger partial charge in [0.1, 0.15) is 0 Å². The molecule has 0 atom stereocenters. The smallest absolute Gasteiger partial charge is 0.0155 e.